The zero-order chi connectivity index (χ0) is 28.7. The lowest BCUT2D eigenvalue weighted by Crippen LogP contribution is -2.36. The van der Waals surface area contributed by atoms with Gasteiger partial charge in [-0.1, -0.05) is 42.1 Å². The number of aromatic nitrogens is 3. The van der Waals surface area contributed by atoms with Gasteiger partial charge in [-0.2, -0.15) is 13.2 Å². The number of nitrogens with zero attached hydrogens (tertiary/aromatic N) is 6. The van der Waals surface area contributed by atoms with Gasteiger partial charge in [0.15, 0.2) is 0 Å². The molecule has 2 aromatic heterocycles. The van der Waals surface area contributed by atoms with Crippen molar-refractivity contribution >= 4 is 28.7 Å². The molecule has 0 bridgehead atoms. The summed E-state index contributed by atoms with van der Waals surface area (Å²) in [5, 5.41) is 8.17. The van der Waals surface area contributed by atoms with Crippen LogP contribution in [-0.2, 0) is 14.3 Å². The van der Waals surface area contributed by atoms with Gasteiger partial charge in [-0.25, -0.2) is 9.97 Å². The van der Waals surface area contributed by atoms with Crippen LogP contribution in [0.5, 0.6) is 0 Å². The number of hydrogen-bond donors (Lipinski definition) is 2. The molecule has 3 heterocycles. The summed E-state index contributed by atoms with van der Waals surface area (Å²) in [6, 6.07) is 8.41. The number of rotatable bonds is 8. The van der Waals surface area contributed by atoms with Crippen molar-refractivity contribution in [1.29, 1.82) is 0 Å². The van der Waals surface area contributed by atoms with Crippen LogP contribution < -0.4 is 10.6 Å². The van der Waals surface area contributed by atoms with Crippen LogP contribution in [0, 0.1) is 11.8 Å². The Morgan fingerprint density at radius 3 is 2.77 bits per heavy atom. The highest BCUT2D eigenvalue weighted by Crippen LogP contribution is 2.36. The molecule has 1 aromatic carbocycles. The standard InChI is InChI=1S/C25H23F3N8O4/c1-2-17-18(39-14-33-35-29)11-19(40-17)36-12-16(9-6-10-30-24(38)25(26,27)28)20-21(31-13-32-22(20)36)34-23(37)15-7-4-3-5-8-15/h3-5,7-8,12-13,17-19H,2,10-11,14H2,1H3,(H,30,38)(H,31,32,34,37)/t17-,18-,19-/m1/s1. The molecule has 1 saturated heterocycles. The molecule has 4 rings (SSSR count). The maximum absolute atomic E-state index is 12.9. The highest BCUT2D eigenvalue weighted by atomic mass is 19.4. The number of anilines is 1. The van der Waals surface area contributed by atoms with E-state index in [0.717, 1.165) is 0 Å². The number of carbonyl (C=O) groups is 2. The topological polar surface area (TPSA) is 156 Å². The summed E-state index contributed by atoms with van der Waals surface area (Å²) in [5.74, 6) is 2.82. The Hall–Kier alpha value is -4.64. The van der Waals surface area contributed by atoms with Gasteiger partial charge >= 0.3 is 12.1 Å². The van der Waals surface area contributed by atoms with Crippen LogP contribution in [0.25, 0.3) is 21.5 Å². The summed E-state index contributed by atoms with van der Waals surface area (Å²) in [7, 11) is 0. The summed E-state index contributed by atoms with van der Waals surface area (Å²) < 4.78 is 51.1. The first-order valence-electron chi connectivity index (χ1n) is 12.1. The largest absolute Gasteiger partial charge is 0.471 e. The second-order valence-corrected chi connectivity index (χ2v) is 8.51. The molecule has 2 amide bonds. The minimum absolute atomic E-state index is 0.127. The first-order chi connectivity index (χ1) is 19.2. The number of fused-ring (bicyclic) bond motifs is 1. The minimum atomic E-state index is -5.03. The Labute approximate surface area is 225 Å². The molecule has 0 spiro atoms. The van der Waals surface area contributed by atoms with Crippen molar-refractivity contribution < 1.29 is 32.2 Å². The average molecular weight is 557 g/mol. The number of hydrogen-bond acceptors (Lipinski definition) is 7. The van der Waals surface area contributed by atoms with Crippen LogP contribution in [0.1, 0.15) is 41.9 Å². The van der Waals surface area contributed by atoms with E-state index in [1.54, 1.807) is 46.4 Å². The Bertz CT molecular complexity index is 1490. The lowest BCUT2D eigenvalue weighted by molar-refractivity contribution is -0.173. The molecule has 0 unspecified atom stereocenters. The third-order valence-electron chi connectivity index (χ3n) is 6.00. The molecule has 1 aliphatic heterocycles. The number of benzene rings is 1. The fourth-order valence-corrected chi connectivity index (χ4v) is 4.19. The molecule has 1 fully saturated rings. The lowest BCUT2D eigenvalue weighted by Gasteiger charge is -2.16. The van der Waals surface area contributed by atoms with Crippen molar-refractivity contribution in [2.24, 2.45) is 5.11 Å². The molecule has 0 saturated carbocycles. The molecule has 2 N–H and O–H groups in total. The third-order valence-corrected chi connectivity index (χ3v) is 6.00. The number of carbonyl (C=O) groups excluding carboxylic acids is 2. The minimum Gasteiger partial charge on any atom is -0.369 e. The van der Waals surface area contributed by atoms with E-state index in [-0.39, 0.29) is 30.3 Å². The number of nitrogens with one attached hydrogen (secondary N) is 2. The quantitative estimate of drug-likeness (QED) is 0.184. The number of azide groups is 1. The Kier molecular flexibility index (Phi) is 8.85. The van der Waals surface area contributed by atoms with E-state index in [1.807, 2.05) is 6.92 Å². The molecular formula is C25H23F3N8O4. The summed E-state index contributed by atoms with van der Waals surface area (Å²) in [4.78, 5) is 35.2. The Morgan fingerprint density at radius 2 is 2.08 bits per heavy atom. The van der Waals surface area contributed by atoms with Crippen molar-refractivity contribution in [2.75, 3.05) is 18.6 Å². The maximum Gasteiger partial charge on any atom is 0.471 e. The van der Waals surface area contributed by atoms with Crippen LogP contribution in [0.2, 0.25) is 0 Å². The molecule has 208 valence electrons. The van der Waals surface area contributed by atoms with Gasteiger partial charge in [0.1, 0.15) is 30.8 Å². The van der Waals surface area contributed by atoms with Gasteiger partial charge in [0.05, 0.1) is 29.7 Å². The van der Waals surface area contributed by atoms with Gasteiger partial charge in [-0.15, -0.1) is 0 Å². The Morgan fingerprint density at radius 1 is 1.30 bits per heavy atom. The molecular weight excluding hydrogens is 533 g/mol. The summed E-state index contributed by atoms with van der Waals surface area (Å²) in [6.07, 6.45) is -2.51. The van der Waals surface area contributed by atoms with Gasteiger partial charge in [0, 0.05) is 23.1 Å². The maximum atomic E-state index is 12.9. The van der Waals surface area contributed by atoms with Crippen molar-refractivity contribution in [3.05, 3.63) is 64.4 Å². The van der Waals surface area contributed by atoms with E-state index in [9.17, 15) is 22.8 Å². The van der Waals surface area contributed by atoms with Crippen LogP contribution in [-0.4, -0.2) is 58.0 Å². The van der Waals surface area contributed by atoms with Gasteiger partial charge in [0.25, 0.3) is 5.91 Å². The third kappa shape index (κ3) is 6.49. The first-order valence-corrected chi connectivity index (χ1v) is 12.1. The fourth-order valence-electron chi connectivity index (χ4n) is 4.19. The molecule has 40 heavy (non-hydrogen) atoms. The van der Waals surface area contributed by atoms with Crippen LogP contribution in [0.15, 0.2) is 48.0 Å². The molecule has 0 radical (unpaired) electrons. The zero-order valence-corrected chi connectivity index (χ0v) is 21.1. The molecule has 0 aliphatic carbocycles. The predicted molar refractivity (Wildman–Crippen MR) is 136 cm³/mol. The van der Waals surface area contributed by atoms with E-state index < -0.39 is 30.8 Å². The van der Waals surface area contributed by atoms with E-state index in [0.29, 0.717) is 29.4 Å². The molecule has 1 aliphatic rings. The van der Waals surface area contributed by atoms with Gasteiger partial charge in [-0.05, 0) is 24.1 Å². The monoisotopic (exact) mass is 556 g/mol. The Balaban J connectivity index is 1.69. The normalized spacial score (nSPS) is 18.4. The van der Waals surface area contributed by atoms with Crippen LogP contribution in [0.3, 0.4) is 0 Å². The summed E-state index contributed by atoms with van der Waals surface area (Å²) >= 11 is 0. The summed E-state index contributed by atoms with van der Waals surface area (Å²) in [6.45, 7) is 1.17. The van der Waals surface area contributed by atoms with E-state index in [4.69, 9.17) is 15.0 Å². The van der Waals surface area contributed by atoms with Crippen molar-refractivity contribution in [1.82, 2.24) is 19.9 Å². The van der Waals surface area contributed by atoms with Gasteiger partial charge < -0.3 is 24.7 Å². The molecule has 15 heteroatoms. The zero-order valence-electron chi connectivity index (χ0n) is 21.1. The SMILES string of the molecule is CC[C@H]1O[C@@H](n2cc(C#CCNC(=O)C(F)(F)F)c3c(NC(=O)c4ccccc4)ncnc32)C[C@H]1OCN=[N+]=[N-]. The highest BCUT2D eigenvalue weighted by molar-refractivity contribution is 6.08. The summed E-state index contributed by atoms with van der Waals surface area (Å²) in [5.41, 5.74) is 9.55. The molecule has 3 atom stereocenters. The first kappa shape index (κ1) is 28.4. The van der Waals surface area contributed by atoms with Gasteiger partial charge in [-0.3, -0.25) is 9.59 Å². The highest BCUT2D eigenvalue weighted by Gasteiger charge is 2.38. The van der Waals surface area contributed by atoms with Crippen molar-refractivity contribution in [3.8, 4) is 11.8 Å². The van der Waals surface area contributed by atoms with E-state index in [2.05, 4.69) is 37.2 Å². The second kappa shape index (κ2) is 12.5. The fraction of sp³-hybridized carbons (Fsp3) is 0.360. The number of alkyl halides is 3. The molecule has 12 nitrogen and oxygen atoms in total. The average Bonchev–Trinajstić information content (AvgIpc) is 3.52. The molecule has 3 aromatic rings. The smallest absolute Gasteiger partial charge is 0.369 e. The lowest BCUT2D eigenvalue weighted by atomic mass is 10.1. The number of ether oxygens (including phenoxy) is 2. The number of halogens is 3. The van der Waals surface area contributed by atoms with Crippen LogP contribution in [0.4, 0.5) is 19.0 Å². The number of amides is 2. The van der Waals surface area contributed by atoms with Crippen molar-refractivity contribution in [2.45, 2.75) is 44.4 Å². The van der Waals surface area contributed by atoms with E-state index in [1.165, 1.54) is 6.33 Å². The second-order valence-electron chi connectivity index (χ2n) is 8.51. The van der Waals surface area contributed by atoms with Crippen LogP contribution >= 0.6 is 0 Å². The van der Waals surface area contributed by atoms with Crippen molar-refractivity contribution in [3.63, 3.8) is 0 Å². The van der Waals surface area contributed by atoms with E-state index >= 15 is 0 Å². The predicted octanol–water partition coefficient (Wildman–Crippen LogP) is 4.06. The van der Waals surface area contributed by atoms with Gasteiger partial charge in [0.2, 0.25) is 0 Å².